The maximum Gasteiger partial charge on any atom is 0.251 e. The molecule has 2 rings (SSSR count). The summed E-state index contributed by atoms with van der Waals surface area (Å²) >= 11 is 0. The summed E-state index contributed by atoms with van der Waals surface area (Å²) in [7, 11) is 0. The first-order chi connectivity index (χ1) is 13.3. The quantitative estimate of drug-likeness (QED) is 0.663. The van der Waals surface area contributed by atoms with Gasteiger partial charge in [-0.25, -0.2) is 0 Å². The van der Waals surface area contributed by atoms with Gasteiger partial charge in [-0.3, -0.25) is 9.59 Å². The van der Waals surface area contributed by atoms with E-state index in [1.54, 1.807) is 6.92 Å². The molecule has 1 aromatic rings. The van der Waals surface area contributed by atoms with Crippen molar-refractivity contribution in [1.29, 1.82) is 0 Å². The summed E-state index contributed by atoms with van der Waals surface area (Å²) in [5.74, 6) is -0.402. The summed E-state index contributed by atoms with van der Waals surface area (Å²) in [5.41, 5.74) is 1.78. The summed E-state index contributed by atoms with van der Waals surface area (Å²) in [6.07, 6.45) is 7.34. The highest BCUT2D eigenvalue weighted by atomic mass is 16.5. The van der Waals surface area contributed by atoms with Gasteiger partial charge < -0.3 is 15.4 Å². The van der Waals surface area contributed by atoms with Crippen molar-refractivity contribution in [1.82, 2.24) is 10.6 Å². The number of rotatable bonds is 8. The molecule has 1 aliphatic rings. The number of carbonyl (C=O) groups is 2. The molecule has 1 aromatic carbocycles. The monoisotopic (exact) mass is 388 g/mol. The Morgan fingerprint density at radius 2 is 1.75 bits per heavy atom. The lowest BCUT2D eigenvalue weighted by Crippen LogP contribution is -2.45. The molecule has 0 aromatic heterocycles. The second kappa shape index (κ2) is 10.6. The van der Waals surface area contributed by atoms with Crippen molar-refractivity contribution < 1.29 is 14.3 Å². The minimum absolute atomic E-state index is 0.0445. The molecule has 1 aliphatic carbocycles. The van der Waals surface area contributed by atoms with Gasteiger partial charge in [0.2, 0.25) is 5.91 Å². The Kier molecular flexibility index (Phi) is 8.49. The molecule has 1 atom stereocenters. The number of hydrogen-bond donors (Lipinski definition) is 2. The van der Waals surface area contributed by atoms with E-state index in [2.05, 4.69) is 31.4 Å². The minimum atomic E-state index is -0.575. The van der Waals surface area contributed by atoms with Gasteiger partial charge in [-0.05, 0) is 49.3 Å². The van der Waals surface area contributed by atoms with Crippen molar-refractivity contribution in [2.75, 3.05) is 13.2 Å². The Bertz CT molecular complexity index is 628. The predicted octanol–water partition coefficient (Wildman–Crippen LogP) is 3.96. The van der Waals surface area contributed by atoms with Gasteiger partial charge in [0.1, 0.15) is 6.04 Å². The Labute approximate surface area is 169 Å². The average Bonchev–Trinajstić information content (AvgIpc) is 2.67. The largest absolute Gasteiger partial charge is 0.378 e. The van der Waals surface area contributed by atoms with Crippen molar-refractivity contribution in [3.8, 4) is 0 Å². The molecule has 1 saturated carbocycles. The lowest BCUT2D eigenvalue weighted by Gasteiger charge is -2.22. The van der Waals surface area contributed by atoms with E-state index in [1.165, 1.54) is 24.8 Å². The van der Waals surface area contributed by atoms with Crippen LogP contribution in [0.1, 0.15) is 82.1 Å². The van der Waals surface area contributed by atoms with Gasteiger partial charge in [0.05, 0.1) is 6.10 Å². The Morgan fingerprint density at radius 1 is 1.11 bits per heavy atom. The van der Waals surface area contributed by atoms with E-state index in [9.17, 15) is 9.59 Å². The van der Waals surface area contributed by atoms with Crippen LogP contribution >= 0.6 is 0 Å². The van der Waals surface area contributed by atoms with Gasteiger partial charge in [-0.15, -0.1) is 0 Å². The van der Waals surface area contributed by atoms with Crippen LogP contribution in [0.4, 0.5) is 0 Å². The van der Waals surface area contributed by atoms with Crippen LogP contribution in [-0.4, -0.2) is 37.1 Å². The molecule has 0 heterocycles. The van der Waals surface area contributed by atoms with E-state index in [-0.39, 0.29) is 17.2 Å². The zero-order chi connectivity index (χ0) is 20.6. The second-order valence-electron chi connectivity index (χ2n) is 8.80. The number of hydrogen-bond acceptors (Lipinski definition) is 3. The zero-order valence-corrected chi connectivity index (χ0v) is 17.8. The van der Waals surface area contributed by atoms with Crippen molar-refractivity contribution in [3.63, 3.8) is 0 Å². The van der Waals surface area contributed by atoms with Gasteiger partial charge in [0, 0.05) is 18.7 Å². The van der Waals surface area contributed by atoms with E-state index in [0.29, 0.717) is 24.8 Å². The third-order valence-electron chi connectivity index (χ3n) is 5.28. The van der Waals surface area contributed by atoms with Gasteiger partial charge in [-0.2, -0.15) is 0 Å². The Balaban J connectivity index is 1.67. The molecule has 5 heteroatoms. The van der Waals surface area contributed by atoms with Crippen LogP contribution in [-0.2, 0) is 14.9 Å². The first-order valence-corrected chi connectivity index (χ1v) is 10.6. The van der Waals surface area contributed by atoms with Crippen LogP contribution in [0.5, 0.6) is 0 Å². The fraction of sp³-hybridized carbons (Fsp3) is 0.652. The molecule has 156 valence electrons. The highest BCUT2D eigenvalue weighted by molar-refractivity contribution is 5.97. The molecule has 2 amide bonds. The average molecular weight is 389 g/mol. The van der Waals surface area contributed by atoms with Gasteiger partial charge in [0.25, 0.3) is 5.91 Å². The van der Waals surface area contributed by atoms with Crippen molar-refractivity contribution in [2.24, 2.45) is 0 Å². The molecular weight excluding hydrogens is 352 g/mol. The molecular formula is C23H36N2O3. The topological polar surface area (TPSA) is 67.4 Å². The fourth-order valence-electron chi connectivity index (χ4n) is 3.39. The predicted molar refractivity (Wildman–Crippen MR) is 113 cm³/mol. The van der Waals surface area contributed by atoms with Crippen LogP contribution in [0.25, 0.3) is 0 Å². The lowest BCUT2D eigenvalue weighted by atomic mass is 9.86. The number of carbonyl (C=O) groups excluding carboxylic acids is 2. The van der Waals surface area contributed by atoms with Crippen LogP contribution in [0, 0.1) is 0 Å². The van der Waals surface area contributed by atoms with Crippen LogP contribution in [0.3, 0.4) is 0 Å². The number of benzene rings is 1. The molecule has 0 spiro atoms. The van der Waals surface area contributed by atoms with Crippen LogP contribution in [0.2, 0.25) is 0 Å². The first kappa shape index (κ1) is 22.4. The Hall–Kier alpha value is -1.88. The summed E-state index contributed by atoms with van der Waals surface area (Å²) in [6.45, 7) is 9.34. The molecule has 0 saturated heterocycles. The van der Waals surface area contributed by atoms with Crippen molar-refractivity contribution in [2.45, 2.75) is 83.8 Å². The number of amides is 2. The summed E-state index contributed by atoms with van der Waals surface area (Å²) in [6, 6.07) is 6.97. The van der Waals surface area contributed by atoms with E-state index < -0.39 is 6.04 Å². The first-order valence-electron chi connectivity index (χ1n) is 10.6. The standard InChI is InChI=1S/C23H36N2O3/c1-17(21(26)24-15-8-16-28-20-9-6-5-7-10-20)25-22(27)18-11-13-19(14-12-18)23(2,3)4/h11-14,17,20H,5-10,15-16H2,1-4H3,(H,24,26)(H,25,27)/t17-/m0/s1. The SMILES string of the molecule is C[C@H](NC(=O)c1ccc(C(C)(C)C)cc1)C(=O)NCCCOC1CCCCC1. The fourth-order valence-corrected chi connectivity index (χ4v) is 3.39. The van der Waals surface area contributed by atoms with Crippen molar-refractivity contribution in [3.05, 3.63) is 35.4 Å². The maximum absolute atomic E-state index is 12.4. The number of nitrogens with one attached hydrogen (secondary N) is 2. The summed E-state index contributed by atoms with van der Waals surface area (Å²) in [4.78, 5) is 24.6. The molecule has 0 unspecified atom stereocenters. The molecule has 28 heavy (non-hydrogen) atoms. The normalized spacial score (nSPS) is 16.4. The molecule has 2 N–H and O–H groups in total. The summed E-state index contributed by atoms with van der Waals surface area (Å²) in [5, 5.41) is 5.64. The molecule has 0 radical (unpaired) electrons. The van der Waals surface area contributed by atoms with E-state index >= 15 is 0 Å². The van der Waals surface area contributed by atoms with Gasteiger partial charge in [0.15, 0.2) is 0 Å². The number of ether oxygens (including phenoxy) is 1. The van der Waals surface area contributed by atoms with Gasteiger partial charge >= 0.3 is 0 Å². The van der Waals surface area contributed by atoms with E-state index in [0.717, 1.165) is 19.3 Å². The lowest BCUT2D eigenvalue weighted by molar-refractivity contribution is -0.122. The highest BCUT2D eigenvalue weighted by Gasteiger charge is 2.18. The molecule has 0 aliphatic heterocycles. The minimum Gasteiger partial charge on any atom is -0.378 e. The third-order valence-corrected chi connectivity index (χ3v) is 5.28. The maximum atomic E-state index is 12.4. The van der Waals surface area contributed by atoms with Gasteiger partial charge in [-0.1, -0.05) is 52.2 Å². The van der Waals surface area contributed by atoms with Crippen molar-refractivity contribution >= 4 is 11.8 Å². The van der Waals surface area contributed by atoms with E-state index in [4.69, 9.17) is 4.74 Å². The third kappa shape index (κ3) is 7.27. The van der Waals surface area contributed by atoms with Crippen LogP contribution in [0.15, 0.2) is 24.3 Å². The molecule has 0 bridgehead atoms. The molecule has 5 nitrogen and oxygen atoms in total. The van der Waals surface area contributed by atoms with E-state index in [1.807, 2.05) is 24.3 Å². The highest BCUT2D eigenvalue weighted by Crippen LogP contribution is 2.22. The zero-order valence-electron chi connectivity index (χ0n) is 17.8. The smallest absolute Gasteiger partial charge is 0.251 e. The Morgan fingerprint density at radius 3 is 2.36 bits per heavy atom. The molecule has 1 fully saturated rings. The second-order valence-corrected chi connectivity index (χ2v) is 8.80. The summed E-state index contributed by atoms with van der Waals surface area (Å²) < 4.78 is 5.86. The van der Waals surface area contributed by atoms with Crippen LogP contribution < -0.4 is 10.6 Å².